The van der Waals surface area contributed by atoms with Crippen LogP contribution >= 0.6 is 7.75 Å². The highest BCUT2D eigenvalue weighted by atomic mass is 31.2. The average Bonchev–Trinajstić information content (AvgIpc) is 3.27. The summed E-state index contributed by atoms with van der Waals surface area (Å²) < 4.78 is 36.4. The highest BCUT2D eigenvalue weighted by Gasteiger charge is 2.40. The Labute approximate surface area is 212 Å². The lowest BCUT2D eigenvalue weighted by Gasteiger charge is -2.25. The fourth-order valence-electron chi connectivity index (χ4n) is 3.84. The number of methoxy groups -OCH3 is 1. The van der Waals surface area contributed by atoms with Crippen LogP contribution in [0.1, 0.15) is 30.7 Å². The molecule has 37 heavy (non-hydrogen) atoms. The maximum Gasteiger partial charge on any atom is 0.406 e. The van der Waals surface area contributed by atoms with E-state index in [1.165, 1.54) is 24.8 Å². The van der Waals surface area contributed by atoms with E-state index in [1.54, 1.807) is 19.1 Å². The molecule has 3 rings (SSSR count). The molecule has 15 heteroatoms. The quantitative estimate of drug-likeness (QED) is 0.135. The molecule has 1 aliphatic heterocycles. The number of aromatic amines is 1. The van der Waals surface area contributed by atoms with Crippen LogP contribution < -0.4 is 16.3 Å². The van der Waals surface area contributed by atoms with Gasteiger partial charge in [0.2, 0.25) is 0 Å². The van der Waals surface area contributed by atoms with Gasteiger partial charge in [-0.3, -0.25) is 28.2 Å². The second-order valence-corrected chi connectivity index (χ2v) is 9.99. The molecule has 1 unspecified atom stereocenters. The van der Waals surface area contributed by atoms with Crippen molar-refractivity contribution in [2.75, 3.05) is 20.3 Å². The largest absolute Gasteiger partial charge is 0.468 e. The lowest BCUT2D eigenvalue weighted by Crippen LogP contribution is -2.39. The van der Waals surface area contributed by atoms with Gasteiger partial charge in [0.1, 0.15) is 12.3 Å². The van der Waals surface area contributed by atoms with Crippen LogP contribution in [0, 0.1) is 6.92 Å². The van der Waals surface area contributed by atoms with Gasteiger partial charge in [-0.15, -0.1) is 0 Å². The molecular weight excluding hydrogens is 507 g/mol. The third-order valence-electron chi connectivity index (χ3n) is 5.65. The summed E-state index contributed by atoms with van der Waals surface area (Å²) in [6, 6.07) is 7.24. The minimum Gasteiger partial charge on any atom is -0.468 e. The number of carbonyl (C=O) groups is 1. The number of nitrogens with one attached hydrogen (secondary N) is 2. The molecule has 1 aliphatic rings. The lowest BCUT2D eigenvalue weighted by molar-refractivity contribution is -0.142. The van der Waals surface area contributed by atoms with Crippen molar-refractivity contribution >= 4 is 13.7 Å². The summed E-state index contributed by atoms with van der Waals surface area (Å²) >= 11 is 0. The van der Waals surface area contributed by atoms with Gasteiger partial charge in [0.25, 0.3) is 5.56 Å². The Morgan fingerprint density at radius 1 is 1.35 bits per heavy atom. The van der Waals surface area contributed by atoms with Crippen molar-refractivity contribution in [2.24, 2.45) is 5.11 Å². The van der Waals surface area contributed by atoms with Gasteiger partial charge in [0.15, 0.2) is 0 Å². The minimum atomic E-state index is -4.07. The number of rotatable bonds is 12. The van der Waals surface area contributed by atoms with E-state index in [9.17, 15) is 18.9 Å². The number of aromatic nitrogens is 2. The van der Waals surface area contributed by atoms with Crippen LogP contribution in [0.4, 0.5) is 0 Å². The van der Waals surface area contributed by atoms with Crippen LogP contribution in [0.25, 0.3) is 10.4 Å². The van der Waals surface area contributed by atoms with Crippen molar-refractivity contribution < 1.29 is 27.9 Å². The second kappa shape index (κ2) is 12.8. The Hall–Kier alpha value is -3.25. The molecule has 2 N–H and O–H groups in total. The predicted octanol–water partition coefficient (Wildman–Crippen LogP) is 2.35. The SMILES string of the molecule is CCOP(=O)(N[C@@H](Cc1ccccc1)C(=O)OC)OC[C@H]1O[C@@H](n2cc(C)c(=O)[nH]c2=O)C[C@@H]1N=[N+]=[N-]. The van der Waals surface area contributed by atoms with Gasteiger partial charge >= 0.3 is 19.4 Å². The standard InChI is InChI=1S/C22H29N6O8P/c1-4-34-37(32,26-17(21(30)33-3)10-15-8-6-5-7-9-15)35-13-18-16(25-27-23)11-19(36-18)28-12-14(2)20(29)24-22(28)31/h5-9,12,16-19H,4,10-11,13H2,1-3H3,(H,26,32)(H,24,29,31)/t16-,17-,18+,19+,37?/m0/s1. The second-order valence-electron chi connectivity index (χ2n) is 8.22. The fourth-order valence-corrected chi connectivity index (χ4v) is 5.33. The van der Waals surface area contributed by atoms with Gasteiger partial charge in [-0.05, 0) is 31.4 Å². The zero-order valence-corrected chi connectivity index (χ0v) is 21.5. The molecule has 0 amide bonds. The van der Waals surface area contributed by atoms with Crippen LogP contribution in [0.3, 0.4) is 0 Å². The molecule has 0 bridgehead atoms. The number of ether oxygens (including phenoxy) is 2. The predicted molar refractivity (Wildman–Crippen MR) is 132 cm³/mol. The minimum absolute atomic E-state index is 0.00345. The van der Waals surface area contributed by atoms with Gasteiger partial charge in [0, 0.05) is 23.1 Å². The molecule has 200 valence electrons. The summed E-state index contributed by atoms with van der Waals surface area (Å²) in [7, 11) is -2.86. The Balaban J connectivity index is 1.77. The number of esters is 1. The first kappa shape index (κ1) is 28.3. The highest BCUT2D eigenvalue weighted by Crippen LogP contribution is 2.45. The molecule has 1 aromatic carbocycles. The van der Waals surface area contributed by atoms with Gasteiger partial charge < -0.3 is 9.47 Å². The summed E-state index contributed by atoms with van der Waals surface area (Å²) in [4.78, 5) is 41.4. The maximum absolute atomic E-state index is 13.5. The molecule has 1 fully saturated rings. The summed E-state index contributed by atoms with van der Waals surface area (Å²) in [5, 5.41) is 6.37. The number of hydrogen-bond donors (Lipinski definition) is 2. The molecule has 1 aromatic heterocycles. The molecule has 0 saturated carbocycles. The van der Waals surface area contributed by atoms with Crippen LogP contribution in [-0.4, -0.2) is 54.0 Å². The van der Waals surface area contributed by atoms with Crippen LogP contribution in [0.5, 0.6) is 0 Å². The van der Waals surface area contributed by atoms with Gasteiger partial charge in [-0.1, -0.05) is 35.4 Å². The van der Waals surface area contributed by atoms with E-state index in [-0.39, 0.29) is 26.1 Å². The normalized spacial score (nSPS) is 21.5. The van der Waals surface area contributed by atoms with Crippen molar-refractivity contribution in [3.05, 3.63) is 78.9 Å². The first-order chi connectivity index (χ1) is 17.7. The number of benzene rings is 1. The number of nitrogens with zero attached hydrogens (tertiary/aromatic N) is 4. The zero-order chi connectivity index (χ0) is 27.0. The Morgan fingerprint density at radius 3 is 2.73 bits per heavy atom. The van der Waals surface area contributed by atoms with E-state index < -0.39 is 49.4 Å². The smallest absolute Gasteiger partial charge is 0.406 e. The molecule has 0 aliphatic carbocycles. The number of H-pyrrole nitrogens is 1. The molecule has 14 nitrogen and oxygen atoms in total. The lowest BCUT2D eigenvalue weighted by atomic mass is 10.1. The van der Waals surface area contributed by atoms with Crippen molar-refractivity contribution in [3.8, 4) is 0 Å². The number of carbonyl (C=O) groups excluding carboxylic acids is 1. The molecule has 2 heterocycles. The van der Waals surface area contributed by atoms with E-state index in [0.29, 0.717) is 5.56 Å². The first-order valence-electron chi connectivity index (χ1n) is 11.5. The van der Waals surface area contributed by atoms with Gasteiger partial charge in [-0.2, -0.15) is 0 Å². The van der Waals surface area contributed by atoms with Crippen molar-refractivity contribution in [1.29, 1.82) is 0 Å². The summed E-state index contributed by atoms with van der Waals surface area (Å²) in [5.74, 6) is -0.663. The molecular formula is C22H29N6O8P. The first-order valence-corrected chi connectivity index (χ1v) is 13.0. The highest BCUT2D eigenvalue weighted by molar-refractivity contribution is 7.51. The van der Waals surface area contributed by atoms with Crippen LogP contribution in [-0.2, 0) is 34.3 Å². The van der Waals surface area contributed by atoms with Crippen LogP contribution in [0.2, 0.25) is 0 Å². The average molecular weight is 536 g/mol. The number of aryl methyl sites for hydroxylation is 1. The molecule has 0 spiro atoms. The number of hydrogen-bond acceptors (Lipinski definition) is 9. The third-order valence-corrected chi connectivity index (χ3v) is 7.37. The third kappa shape index (κ3) is 7.39. The Bertz CT molecular complexity index is 1290. The van der Waals surface area contributed by atoms with Crippen molar-refractivity contribution in [1.82, 2.24) is 14.6 Å². The van der Waals surface area contributed by atoms with Crippen molar-refractivity contribution in [3.63, 3.8) is 0 Å². The van der Waals surface area contributed by atoms with E-state index >= 15 is 0 Å². The van der Waals surface area contributed by atoms with Crippen LogP contribution in [0.15, 0.2) is 51.2 Å². The van der Waals surface area contributed by atoms with E-state index in [4.69, 9.17) is 24.1 Å². The van der Waals surface area contributed by atoms with Gasteiger partial charge in [0.05, 0.1) is 32.5 Å². The van der Waals surface area contributed by atoms with Crippen molar-refractivity contribution in [2.45, 2.75) is 51.1 Å². The van der Waals surface area contributed by atoms with Gasteiger partial charge in [-0.25, -0.2) is 14.4 Å². The Morgan fingerprint density at radius 2 is 2.08 bits per heavy atom. The summed E-state index contributed by atoms with van der Waals surface area (Å²) in [6.45, 7) is 2.80. The molecule has 2 aromatic rings. The van der Waals surface area contributed by atoms with E-state index in [0.717, 1.165) is 5.56 Å². The topological polar surface area (TPSA) is 187 Å². The monoisotopic (exact) mass is 536 g/mol. The maximum atomic E-state index is 13.5. The summed E-state index contributed by atoms with van der Waals surface area (Å²) in [6.07, 6.45) is -0.159. The Kier molecular flexibility index (Phi) is 9.81. The molecule has 1 saturated heterocycles. The summed E-state index contributed by atoms with van der Waals surface area (Å²) in [5.41, 5.74) is 8.87. The number of azide groups is 1. The van der Waals surface area contributed by atoms with E-state index in [1.807, 2.05) is 18.2 Å². The van der Waals surface area contributed by atoms with E-state index in [2.05, 4.69) is 20.1 Å². The fraction of sp³-hybridized carbons (Fsp3) is 0.500. The zero-order valence-electron chi connectivity index (χ0n) is 20.6. The molecule has 5 atom stereocenters. The molecule has 0 radical (unpaired) electrons.